The average Bonchev–Trinajstić information content (AvgIpc) is 2.15. The van der Waals surface area contributed by atoms with Crippen molar-refractivity contribution >= 4 is 5.78 Å². The molecule has 1 nitrogen and oxygen atoms in total. The first-order chi connectivity index (χ1) is 6.20. The minimum atomic E-state index is 0.175. The van der Waals surface area contributed by atoms with Gasteiger partial charge in [0.15, 0.2) is 5.78 Å². The molecule has 0 bridgehead atoms. The van der Waals surface area contributed by atoms with Gasteiger partial charge in [-0.1, -0.05) is 37.3 Å². The number of rotatable bonds is 0. The first-order valence-corrected chi connectivity index (χ1v) is 4.52. The summed E-state index contributed by atoms with van der Waals surface area (Å²) < 4.78 is 0. The van der Waals surface area contributed by atoms with Gasteiger partial charge in [-0.2, -0.15) is 0 Å². The zero-order chi connectivity index (χ0) is 9.42. The van der Waals surface area contributed by atoms with Crippen LogP contribution in [0.1, 0.15) is 35.7 Å². The number of ketones is 1. The van der Waals surface area contributed by atoms with E-state index in [2.05, 4.69) is 6.92 Å². The molecule has 1 aromatic rings. The summed E-state index contributed by atoms with van der Waals surface area (Å²) in [6.07, 6.45) is 2.03. The summed E-state index contributed by atoms with van der Waals surface area (Å²) in [7, 11) is 0. The molecule has 1 atom stereocenters. The second kappa shape index (κ2) is 2.84. The number of hydrogen-bond acceptors (Lipinski definition) is 1. The minimum Gasteiger partial charge on any atom is -0.289 e. The van der Waals surface area contributed by atoms with Gasteiger partial charge in [-0.25, -0.2) is 0 Å². The van der Waals surface area contributed by atoms with E-state index in [9.17, 15) is 4.79 Å². The lowest BCUT2D eigenvalue weighted by Gasteiger charge is -2.18. The monoisotopic (exact) mass is 172 g/mol. The summed E-state index contributed by atoms with van der Waals surface area (Å²) in [4.78, 5) is 11.7. The molecule has 0 radical (unpaired) electrons. The molecule has 1 aliphatic carbocycles. The number of hydrogen-bond donors (Lipinski definition) is 0. The van der Waals surface area contributed by atoms with Crippen LogP contribution < -0.4 is 0 Å². The number of carbonyl (C=O) groups excluding carboxylic acids is 1. The van der Waals surface area contributed by atoms with E-state index in [4.69, 9.17) is 0 Å². The molecular formula is C12H12O. The normalized spacial score (nSPS) is 20.9. The summed E-state index contributed by atoms with van der Waals surface area (Å²) in [5.74, 6) is 0.544. The predicted molar refractivity (Wildman–Crippen MR) is 52.9 cm³/mol. The largest absolute Gasteiger partial charge is 0.289 e. The fraction of sp³-hybridized carbons (Fsp3) is 0.250. The van der Waals surface area contributed by atoms with Crippen LogP contribution in [0.4, 0.5) is 0 Å². The highest BCUT2D eigenvalue weighted by Gasteiger charge is 2.20. The highest BCUT2D eigenvalue weighted by atomic mass is 16.1. The molecule has 13 heavy (non-hydrogen) atoms. The van der Waals surface area contributed by atoms with Gasteiger partial charge in [0.05, 0.1) is 0 Å². The molecule has 1 aromatic carbocycles. The molecule has 0 heterocycles. The Morgan fingerprint density at radius 2 is 1.92 bits per heavy atom. The molecule has 0 saturated heterocycles. The molecule has 1 aliphatic rings. The lowest BCUT2D eigenvalue weighted by Crippen LogP contribution is -2.12. The van der Waals surface area contributed by atoms with Gasteiger partial charge < -0.3 is 0 Å². The highest BCUT2D eigenvalue weighted by Crippen LogP contribution is 2.29. The summed E-state index contributed by atoms with van der Waals surface area (Å²) >= 11 is 0. The molecule has 0 amide bonds. The number of fused-ring (bicyclic) bond motifs is 1. The lowest BCUT2D eigenvalue weighted by atomic mass is 9.85. The van der Waals surface area contributed by atoms with Gasteiger partial charge in [0.2, 0.25) is 0 Å². The Balaban J connectivity index is 2.62. The van der Waals surface area contributed by atoms with E-state index < -0.39 is 0 Å². The summed E-state index contributed by atoms with van der Waals surface area (Å²) in [6.45, 7) is 4.00. The third kappa shape index (κ3) is 1.21. The molecular weight excluding hydrogens is 160 g/mol. The summed E-state index contributed by atoms with van der Waals surface area (Å²) in [6, 6.07) is 7.84. The standard InChI is InChI=1S/C12H12O/c1-8-7-9(2)12(13)11-6-4-3-5-10(8)11/h3-8H,1-2H3. The maximum absolute atomic E-state index is 11.7. The Hall–Kier alpha value is -1.37. The van der Waals surface area contributed by atoms with Crippen LogP contribution in [0.25, 0.3) is 0 Å². The molecule has 0 spiro atoms. The third-order valence-electron chi connectivity index (χ3n) is 2.55. The zero-order valence-corrected chi connectivity index (χ0v) is 7.87. The molecule has 1 heteroatoms. The summed E-state index contributed by atoms with van der Waals surface area (Å²) in [5, 5.41) is 0. The molecule has 2 rings (SSSR count). The van der Waals surface area contributed by atoms with Crippen molar-refractivity contribution in [3.8, 4) is 0 Å². The Bertz CT molecular complexity index is 388. The van der Waals surface area contributed by atoms with Crippen molar-refractivity contribution in [1.82, 2.24) is 0 Å². The second-order valence-corrected chi connectivity index (χ2v) is 3.55. The van der Waals surface area contributed by atoms with E-state index in [1.165, 1.54) is 0 Å². The summed E-state index contributed by atoms with van der Waals surface area (Å²) in [5.41, 5.74) is 2.89. The minimum absolute atomic E-state index is 0.175. The van der Waals surface area contributed by atoms with Crippen molar-refractivity contribution in [2.45, 2.75) is 19.8 Å². The fourth-order valence-corrected chi connectivity index (χ4v) is 1.85. The first kappa shape index (κ1) is 8.24. The Morgan fingerprint density at radius 1 is 1.23 bits per heavy atom. The van der Waals surface area contributed by atoms with E-state index in [-0.39, 0.29) is 5.78 Å². The van der Waals surface area contributed by atoms with Gasteiger partial charge in [0.1, 0.15) is 0 Å². The molecule has 0 fully saturated rings. The lowest BCUT2D eigenvalue weighted by molar-refractivity contribution is 0.103. The van der Waals surface area contributed by atoms with Gasteiger partial charge in [-0.05, 0) is 18.1 Å². The number of benzene rings is 1. The van der Waals surface area contributed by atoms with Gasteiger partial charge >= 0.3 is 0 Å². The number of carbonyl (C=O) groups is 1. The van der Waals surface area contributed by atoms with Crippen molar-refractivity contribution in [3.63, 3.8) is 0 Å². The SMILES string of the molecule is CC1=CC(C)c2ccccc2C1=O. The second-order valence-electron chi connectivity index (χ2n) is 3.55. The Labute approximate surface area is 78.1 Å². The van der Waals surface area contributed by atoms with Crippen molar-refractivity contribution in [1.29, 1.82) is 0 Å². The third-order valence-corrected chi connectivity index (χ3v) is 2.55. The molecule has 0 aromatic heterocycles. The Morgan fingerprint density at radius 3 is 2.69 bits per heavy atom. The Kier molecular flexibility index (Phi) is 1.80. The van der Waals surface area contributed by atoms with Crippen LogP contribution in [0, 0.1) is 0 Å². The average molecular weight is 172 g/mol. The topological polar surface area (TPSA) is 17.1 Å². The van der Waals surface area contributed by atoms with E-state index in [1.807, 2.05) is 37.3 Å². The molecule has 0 aliphatic heterocycles. The molecule has 0 N–H and O–H groups in total. The molecule has 0 saturated carbocycles. The van der Waals surface area contributed by atoms with E-state index in [1.54, 1.807) is 0 Å². The van der Waals surface area contributed by atoms with Crippen molar-refractivity contribution in [3.05, 3.63) is 47.0 Å². The fourth-order valence-electron chi connectivity index (χ4n) is 1.85. The van der Waals surface area contributed by atoms with Crippen molar-refractivity contribution in [2.75, 3.05) is 0 Å². The molecule has 66 valence electrons. The van der Waals surface area contributed by atoms with Crippen LogP contribution in [0.2, 0.25) is 0 Å². The van der Waals surface area contributed by atoms with Gasteiger partial charge in [0, 0.05) is 11.5 Å². The van der Waals surface area contributed by atoms with E-state index in [0.29, 0.717) is 5.92 Å². The van der Waals surface area contributed by atoms with Crippen LogP contribution in [-0.4, -0.2) is 5.78 Å². The quantitative estimate of drug-likeness (QED) is 0.588. The number of allylic oxidation sites excluding steroid dienone is 2. The van der Waals surface area contributed by atoms with Gasteiger partial charge in [-0.3, -0.25) is 4.79 Å². The van der Waals surface area contributed by atoms with E-state index in [0.717, 1.165) is 16.7 Å². The zero-order valence-electron chi connectivity index (χ0n) is 7.87. The molecule has 1 unspecified atom stereocenters. The van der Waals surface area contributed by atoms with Crippen LogP contribution in [0.5, 0.6) is 0 Å². The predicted octanol–water partition coefficient (Wildman–Crippen LogP) is 2.93. The van der Waals surface area contributed by atoms with Crippen LogP contribution in [-0.2, 0) is 0 Å². The van der Waals surface area contributed by atoms with Crippen LogP contribution in [0.15, 0.2) is 35.9 Å². The maximum Gasteiger partial charge on any atom is 0.188 e. The van der Waals surface area contributed by atoms with Crippen LogP contribution >= 0.6 is 0 Å². The van der Waals surface area contributed by atoms with Crippen molar-refractivity contribution in [2.24, 2.45) is 0 Å². The maximum atomic E-state index is 11.7. The van der Waals surface area contributed by atoms with Gasteiger partial charge in [0.25, 0.3) is 0 Å². The first-order valence-electron chi connectivity index (χ1n) is 4.52. The van der Waals surface area contributed by atoms with Gasteiger partial charge in [-0.15, -0.1) is 0 Å². The van der Waals surface area contributed by atoms with Crippen molar-refractivity contribution < 1.29 is 4.79 Å². The van der Waals surface area contributed by atoms with Crippen LogP contribution in [0.3, 0.4) is 0 Å². The smallest absolute Gasteiger partial charge is 0.188 e. The highest BCUT2D eigenvalue weighted by molar-refractivity contribution is 6.10. The van der Waals surface area contributed by atoms with E-state index >= 15 is 0 Å². The number of Topliss-reactive ketones (excluding diaryl/α,β-unsaturated/α-hetero) is 1.